The molecule has 3 aromatic heterocycles. The zero-order valence-corrected chi connectivity index (χ0v) is 12.9. The first-order chi connectivity index (χ1) is 10.2. The molecule has 3 rings (SSSR count). The summed E-state index contributed by atoms with van der Waals surface area (Å²) in [5.74, 6) is 1.04. The summed E-state index contributed by atoms with van der Waals surface area (Å²) in [4.78, 5) is 15.1. The van der Waals surface area contributed by atoms with E-state index < -0.39 is 0 Å². The molecule has 0 fully saturated rings. The third-order valence-corrected chi connectivity index (χ3v) is 4.03. The lowest BCUT2D eigenvalue weighted by Crippen LogP contribution is -2.03. The summed E-state index contributed by atoms with van der Waals surface area (Å²) in [5, 5.41) is 8.13. The van der Waals surface area contributed by atoms with Gasteiger partial charge in [-0.1, -0.05) is 6.92 Å². The molecule has 0 unspecified atom stereocenters. The van der Waals surface area contributed by atoms with Crippen molar-refractivity contribution in [1.82, 2.24) is 24.7 Å². The van der Waals surface area contributed by atoms with E-state index in [1.165, 1.54) is 4.88 Å². The van der Waals surface area contributed by atoms with Gasteiger partial charge in [0.1, 0.15) is 11.2 Å². The average Bonchev–Trinajstić information content (AvgIpc) is 3.05. The monoisotopic (exact) mass is 304 g/mol. The maximum Gasteiger partial charge on any atom is 0.342 e. The van der Waals surface area contributed by atoms with Crippen LogP contribution in [0.3, 0.4) is 0 Å². The van der Waals surface area contributed by atoms with Gasteiger partial charge in [0.25, 0.3) is 0 Å². The molecule has 3 heterocycles. The van der Waals surface area contributed by atoms with Crippen molar-refractivity contribution >= 4 is 27.5 Å². The summed E-state index contributed by atoms with van der Waals surface area (Å²) >= 11 is 1.65. The van der Waals surface area contributed by atoms with Crippen LogP contribution in [0.5, 0.6) is 11.9 Å². The second-order valence-corrected chi connectivity index (χ2v) is 5.59. The number of ether oxygens (including phenoxy) is 1. The lowest BCUT2D eigenvalue weighted by Gasteiger charge is -2.05. The molecule has 0 saturated carbocycles. The molecule has 0 aliphatic heterocycles. The first kappa shape index (κ1) is 13.7. The summed E-state index contributed by atoms with van der Waals surface area (Å²) in [6, 6.07) is 2.35. The average molecular weight is 304 g/mol. The number of nitrogens with one attached hydrogen (secondary N) is 1. The van der Waals surface area contributed by atoms with Gasteiger partial charge in [-0.15, -0.1) is 16.4 Å². The van der Waals surface area contributed by atoms with Crippen molar-refractivity contribution in [2.75, 3.05) is 11.9 Å². The van der Waals surface area contributed by atoms with Crippen molar-refractivity contribution in [2.24, 2.45) is 7.05 Å². The van der Waals surface area contributed by atoms with E-state index in [0.717, 1.165) is 23.2 Å². The van der Waals surface area contributed by atoms with Gasteiger partial charge in [0.2, 0.25) is 11.8 Å². The van der Waals surface area contributed by atoms with Crippen LogP contribution >= 0.6 is 11.3 Å². The molecule has 0 radical (unpaired) electrons. The van der Waals surface area contributed by atoms with E-state index in [9.17, 15) is 0 Å². The summed E-state index contributed by atoms with van der Waals surface area (Å²) in [7, 11) is 1.79. The fourth-order valence-electron chi connectivity index (χ4n) is 1.89. The number of rotatable bonds is 5. The standard InChI is InChI=1S/C13H16N6OS/c1-4-8-6-9-10(20-13-15-7-19(3)18-13)16-12(14-5-2)17-11(9)21-8/h6-7H,4-5H2,1-3H3,(H,14,16,17). The van der Waals surface area contributed by atoms with E-state index >= 15 is 0 Å². The van der Waals surface area contributed by atoms with Crippen molar-refractivity contribution in [3.8, 4) is 11.9 Å². The predicted octanol–water partition coefficient (Wildman–Crippen LogP) is 2.61. The van der Waals surface area contributed by atoms with Crippen molar-refractivity contribution in [3.05, 3.63) is 17.3 Å². The van der Waals surface area contributed by atoms with Gasteiger partial charge in [0, 0.05) is 18.5 Å². The van der Waals surface area contributed by atoms with E-state index in [0.29, 0.717) is 11.8 Å². The zero-order valence-electron chi connectivity index (χ0n) is 12.1. The highest BCUT2D eigenvalue weighted by molar-refractivity contribution is 7.18. The highest BCUT2D eigenvalue weighted by Gasteiger charge is 2.14. The summed E-state index contributed by atoms with van der Waals surface area (Å²) in [6.45, 7) is 4.86. The van der Waals surface area contributed by atoms with Gasteiger partial charge in [-0.3, -0.25) is 4.68 Å². The molecule has 0 aliphatic carbocycles. The second-order valence-electron chi connectivity index (χ2n) is 4.47. The molecule has 0 aromatic carbocycles. The number of aromatic nitrogens is 5. The second kappa shape index (κ2) is 5.65. The molecule has 0 atom stereocenters. The van der Waals surface area contributed by atoms with E-state index in [-0.39, 0.29) is 6.01 Å². The maximum atomic E-state index is 5.73. The number of hydrogen-bond acceptors (Lipinski definition) is 7. The Hall–Kier alpha value is -2.22. The van der Waals surface area contributed by atoms with Crippen LogP contribution in [-0.2, 0) is 13.5 Å². The lowest BCUT2D eigenvalue weighted by atomic mass is 10.3. The Kier molecular flexibility index (Phi) is 3.70. The summed E-state index contributed by atoms with van der Waals surface area (Å²) < 4.78 is 7.32. The first-order valence-corrected chi connectivity index (χ1v) is 7.59. The fourth-order valence-corrected chi connectivity index (χ4v) is 2.84. The van der Waals surface area contributed by atoms with E-state index in [1.54, 1.807) is 29.4 Å². The number of hydrogen-bond donors (Lipinski definition) is 1. The Morgan fingerprint density at radius 1 is 1.33 bits per heavy atom. The van der Waals surface area contributed by atoms with Crippen molar-refractivity contribution < 1.29 is 4.74 Å². The highest BCUT2D eigenvalue weighted by Crippen LogP contribution is 2.33. The van der Waals surface area contributed by atoms with Crippen LogP contribution in [0, 0.1) is 0 Å². The molecular formula is C13H16N6OS. The van der Waals surface area contributed by atoms with Gasteiger partial charge in [-0.05, 0) is 19.4 Å². The molecule has 7 nitrogen and oxygen atoms in total. The van der Waals surface area contributed by atoms with Gasteiger partial charge < -0.3 is 10.1 Å². The molecule has 0 aliphatic rings. The van der Waals surface area contributed by atoms with E-state index in [4.69, 9.17) is 4.74 Å². The minimum Gasteiger partial charge on any atom is -0.403 e. The summed E-state index contributed by atoms with van der Waals surface area (Å²) in [5.41, 5.74) is 0. The lowest BCUT2D eigenvalue weighted by molar-refractivity contribution is 0.428. The Bertz CT molecular complexity index is 765. The predicted molar refractivity (Wildman–Crippen MR) is 82.0 cm³/mol. The van der Waals surface area contributed by atoms with Crippen molar-refractivity contribution in [1.29, 1.82) is 0 Å². The van der Waals surface area contributed by atoms with Crippen molar-refractivity contribution in [3.63, 3.8) is 0 Å². The van der Waals surface area contributed by atoms with E-state index in [1.807, 2.05) is 6.92 Å². The largest absolute Gasteiger partial charge is 0.403 e. The number of aryl methyl sites for hydroxylation is 2. The molecular weight excluding hydrogens is 288 g/mol. The Labute approximate surface area is 126 Å². The Morgan fingerprint density at radius 3 is 2.86 bits per heavy atom. The molecule has 0 saturated heterocycles. The molecule has 3 aromatic rings. The van der Waals surface area contributed by atoms with Gasteiger partial charge in [0.15, 0.2) is 0 Å². The SMILES string of the molecule is CCNc1nc(Oc2ncn(C)n2)c2cc(CC)sc2n1. The Morgan fingerprint density at radius 2 is 2.19 bits per heavy atom. The molecule has 0 spiro atoms. The molecule has 21 heavy (non-hydrogen) atoms. The van der Waals surface area contributed by atoms with Gasteiger partial charge in [0.05, 0.1) is 5.39 Å². The third-order valence-electron chi connectivity index (χ3n) is 2.86. The van der Waals surface area contributed by atoms with E-state index in [2.05, 4.69) is 38.4 Å². The molecule has 0 amide bonds. The Balaban J connectivity index is 2.06. The van der Waals surface area contributed by atoms with Crippen molar-refractivity contribution in [2.45, 2.75) is 20.3 Å². The van der Waals surface area contributed by atoms with Crippen LogP contribution in [0.1, 0.15) is 18.7 Å². The number of fused-ring (bicyclic) bond motifs is 1. The van der Waals surface area contributed by atoms with Gasteiger partial charge in [-0.2, -0.15) is 9.97 Å². The minimum absolute atomic E-state index is 0.282. The highest BCUT2D eigenvalue weighted by atomic mass is 32.1. The quantitative estimate of drug-likeness (QED) is 0.780. The molecule has 8 heteroatoms. The molecule has 110 valence electrons. The smallest absolute Gasteiger partial charge is 0.342 e. The third kappa shape index (κ3) is 2.80. The van der Waals surface area contributed by atoms with Crippen LogP contribution < -0.4 is 10.1 Å². The van der Waals surface area contributed by atoms with Crippen LogP contribution in [0.15, 0.2) is 12.4 Å². The number of anilines is 1. The number of thiophene rings is 1. The van der Waals surface area contributed by atoms with Crippen LogP contribution in [0.2, 0.25) is 0 Å². The maximum absolute atomic E-state index is 5.73. The van der Waals surface area contributed by atoms with Crippen LogP contribution in [0.4, 0.5) is 5.95 Å². The topological polar surface area (TPSA) is 77.8 Å². The first-order valence-electron chi connectivity index (χ1n) is 6.77. The fraction of sp³-hybridized carbons (Fsp3) is 0.385. The minimum atomic E-state index is 0.282. The normalized spacial score (nSPS) is 11.0. The number of nitrogens with zero attached hydrogens (tertiary/aromatic N) is 5. The van der Waals surface area contributed by atoms with Gasteiger partial charge in [-0.25, -0.2) is 4.98 Å². The zero-order chi connectivity index (χ0) is 14.8. The molecule has 1 N–H and O–H groups in total. The molecule has 0 bridgehead atoms. The van der Waals surface area contributed by atoms with Crippen LogP contribution in [-0.4, -0.2) is 31.3 Å². The van der Waals surface area contributed by atoms with Crippen LogP contribution in [0.25, 0.3) is 10.2 Å². The summed E-state index contributed by atoms with van der Waals surface area (Å²) in [6.07, 6.45) is 2.54. The van der Waals surface area contributed by atoms with Gasteiger partial charge >= 0.3 is 6.01 Å².